The Labute approximate surface area is 147 Å². The number of aromatic nitrogens is 2. The van der Waals surface area contributed by atoms with E-state index >= 15 is 0 Å². The van der Waals surface area contributed by atoms with E-state index in [0.29, 0.717) is 18.1 Å². The molecule has 0 aliphatic heterocycles. The van der Waals surface area contributed by atoms with E-state index in [-0.39, 0.29) is 11.8 Å². The molecule has 0 radical (unpaired) electrons. The molecule has 1 amide bonds. The number of amides is 1. The molecule has 3 aromatic rings. The maximum atomic E-state index is 12.8. The summed E-state index contributed by atoms with van der Waals surface area (Å²) in [6, 6.07) is 17.5. The molecule has 1 heterocycles. The van der Waals surface area contributed by atoms with Crippen molar-refractivity contribution in [2.24, 2.45) is 0 Å². The summed E-state index contributed by atoms with van der Waals surface area (Å²) >= 11 is 0. The van der Waals surface area contributed by atoms with Gasteiger partial charge >= 0.3 is 0 Å². The molecule has 3 rings (SSSR count). The second kappa shape index (κ2) is 7.75. The number of nitrogens with one attached hydrogen (secondary N) is 1. The molecule has 1 atom stereocenters. The molecule has 0 aliphatic carbocycles. The third kappa shape index (κ3) is 4.12. The van der Waals surface area contributed by atoms with Crippen molar-refractivity contribution in [3.05, 3.63) is 77.4 Å². The molecule has 1 N–H and O–H groups in total. The first-order chi connectivity index (χ1) is 12.2. The zero-order chi connectivity index (χ0) is 17.6. The van der Waals surface area contributed by atoms with Crippen molar-refractivity contribution in [2.75, 3.05) is 5.32 Å². The zero-order valence-corrected chi connectivity index (χ0v) is 14.4. The molecular weight excluding hydrogens is 314 g/mol. The number of hydrogen-bond acceptors (Lipinski definition) is 4. The molecule has 128 valence electrons. The van der Waals surface area contributed by atoms with Crippen LogP contribution >= 0.6 is 0 Å². The topological polar surface area (TPSA) is 68.0 Å². The van der Waals surface area contributed by atoms with E-state index in [9.17, 15) is 4.79 Å². The predicted octanol–water partition coefficient (Wildman–Crippen LogP) is 4.10. The first-order valence-electron chi connectivity index (χ1n) is 8.40. The van der Waals surface area contributed by atoms with Gasteiger partial charge in [-0.1, -0.05) is 60.6 Å². The zero-order valence-electron chi connectivity index (χ0n) is 14.4. The average Bonchev–Trinajstić information content (AvgIpc) is 3.03. The van der Waals surface area contributed by atoms with Crippen LogP contribution < -0.4 is 5.32 Å². The normalized spacial score (nSPS) is 11.9. The van der Waals surface area contributed by atoms with Crippen LogP contribution in [0.3, 0.4) is 0 Å². The second-order valence-corrected chi connectivity index (χ2v) is 5.93. The van der Waals surface area contributed by atoms with Gasteiger partial charge < -0.3 is 9.84 Å². The quantitative estimate of drug-likeness (QED) is 0.736. The van der Waals surface area contributed by atoms with Crippen LogP contribution in [0.4, 0.5) is 5.69 Å². The molecule has 2 aromatic carbocycles. The highest BCUT2D eigenvalue weighted by Crippen LogP contribution is 2.24. The summed E-state index contributed by atoms with van der Waals surface area (Å²) in [5.74, 6) is 0.948. The van der Waals surface area contributed by atoms with Crippen LogP contribution in [0, 0.1) is 6.92 Å². The van der Waals surface area contributed by atoms with Gasteiger partial charge in [-0.3, -0.25) is 4.79 Å². The van der Waals surface area contributed by atoms with E-state index in [0.717, 1.165) is 23.2 Å². The highest BCUT2D eigenvalue weighted by atomic mass is 16.5. The average molecular weight is 335 g/mol. The molecule has 0 bridgehead atoms. The van der Waals surface area contributed by atoms with E-state index in [2.05, 4.69) is 15.5 Å². The van der Waals surface area contributed by atoms with Crippen molar-refractivity contribution in [3.63, 3.8) is 0 Å². The maximum absolute atomic E-state index is 12.8. The third-order valence-electron chi connectivity index (χ3n) is 4.11. The van der Waals surface area contributed by atoms with E-state index in [4.69, 9.17) is 4.52 Å². The van der Waals surface area contributed by atoms with E-state index in [1.54, 1.807) is 6.92 Å². The number of nitrogens with zero attached hydrogens (tertiary/aromatic N) is 2. The first kappa shape index (κ1) is 16.9. The van der Waals surface area contributed by atoms with Crippen LogP contribution in [0.5, 0.6) is 0 Å². The van der Waals surface area contributed by atoms with Crippen molar-refractivity contribution in [1.82, 2.24) is 10.1 Å². The summed E-state index contributed by atoms with van der Waals surface area (Å²) in [6.45, 7) is 3.80. The lowest BCUT2D eigenvalue weighted by molar-refractivity contribution is -0.117. The molecule has 5 heteroatoms. The number of para-hydroxylation sites is 1. The van der Waals surface area contributed by atoms with Gasteiger partial charge in [-0.05, 0) is 30.5 Å². The van der Waals surface area contributed by atoms with Crippen molar-refractivity contribution < 1.29 is 9.32 Å². The SMILES string of the molecule is CCC(C(=O)Nc1ccccc1Cc1nc(C)no1)c1ccccc1. The summed E-state index contributed by atoms with van der Waals surface area (Å²) < 4.78 is 5.19. The Hall–Kier alpha value is -2.95. The lowest BCUT2D eigenvalue weighted by Gasteiger charge is -2.17. The predicted molar refractivity (Wildman–Crippen MR) is 96.4 cm³/mol. The molecule has 0 saturated heterocycles. The van der Waals surface area contributed by atoms with E-state index < -0.39 is 0 Å². The highest BCUT2D eigenvalue weighted by molar-refractivity contribution is 5.96. The van der Waals surface area contributed by atoms with Crippen molar-refractivity contribution in [2.45, 2.75) is 32.6 Å². The molecular formula is C20H21N3O2. The monoisotopic (exact) mass is 335 g/mol. The van der Waals surface area contributed by atoms with Crippen LogP contribution in [0.15, 0.2) is 59.1 Å². The van der Waals surface area contributed by atoms with Gasteiger partial charge in [0.1, 0.15) is 0 Å². The smallest absolute Gasteiger partial charge is 0.231 e. The Morgan fingerprint density at radius 2 is 1.84 bits per heavy atom. The summed E-state index contributed by atoms with van der Waals surface area (Å²) in [7, 11) is 0. The van der Waals surface area contributed by atoms with Gasteiger partial charge in [-0.25, -0.2) is 0 Å². The Morgan fingerprint density at radius 3 is 2.52 bits per heavy atom. The fourth-order valence-corrected chi connectivity index (χ4v) is 2.85. The van der Waals surface area contributed by atoms with Crippen LogP contribution in [-0.4, -0.2) is 16.0 Å². The first-order valence-corrected chi connectivity index (χ1v) is 8.40. The molecule has 5 nitrogen and oxygen atoms in total. The van der Waals surface area contributed by atoms with E-state index in [1.165, 1.54) is 0 Å². The Morgan fingerprint density at radius 1 is 1.12 bits per heavy atom. The Kier molecular flexibility index (Phi) is 5.23. The van der Waals surface area contributed by atoms with Crippen molar-refractivity contribution in [3.8, 4) is 0 Å². The lowest BCUT2D eigenvalue weighted by atomic mass is 9.95. The molecule has 1 unspecified atom stereocenters. The molecule has 0 spiro atoms. The van der Waals surface area contributed by atoms with E-state index in [1.807, 2.05) is 61.5 Å². The van der Waals surface area contributed by atoms with Gasteiger partial charge in [-0.2, -0.15) is 4.98 Å². The van der Waals surface area contributed by atoms with Gasteiger partial charge in [0.15, 0.2) is 5.82 Å². The van der Waals surface area contributed by atoms with Crippen LogP contribution in [-0.2, 0) is 11.2 Å². The number of anilines is 1. The number of carbonyl (C=O) groups excluding carboxylic acids is 1. The molecule has 25 heavy (non-hydrogen) atoms. The van der Waals surface area contributed by atoms with Gasteiger partial charge in [0, 0.05) is 5.69 Å². The minimum atomic E-state index is -0.181. The lowest BCUT2D eigenvalue weighted by Crippen LogP contribution is -2.21. The number of rotatable bonds is 6. The summed E-state index contributed by atoms with van der Waals surface area (Å²) in [4.78, 5) is 17.0. The van der Waals surface area contributed by atoms with Gasteiger partial charge in [0.25, 0.3) is 0 Å². The van der Waals surface area contributed by atoms with Gasteiger partial charge in [-0.15, -0.1) is 0 Å². The number of carbonyl (C=O) groups is 1. The summed E-state index contributed by atoms with van der Waals surface area (Å²) in [5.41, 5.74) is 2.74. The minimum absolute atomic E-state index is 0.0112. The maximum Gasteiger partial charge on any atom is 0.231 e. The number of benzene rings is 2. The largest absolute Gasteiger partial charge is 0.339 e. The molecule has 0 aliphatic rings. The van der Waals surface area contributed by atoms with Crippen molar-refractivity contribution in [1.29, 1.82) is 0 Å². The van der Waals surface area contributed by atoms with Crippen LogP contribution in [0.2, 0.25) is 0 Å². The summed E-state index contributed by atoms with van der Waals surface area (Å²) in [5, 5.41) is 6.87. The fourth-order valence-electron chi connectivity index (χ4n) is 2.85. The third-order valence-corrected chi connectivity index (χ3v) is 4.11. The van der Waals surface area contributed by atoms with Crippen LogP contribution in [0.25, 0.3) is 0 Å². The summed E-state index contributed by atoms with van der Waals surface area (Å²) in [6.07, 6.45) is 1.22. The van der Waals surface area contributed by atoms with Gasteiger partial charge in [0.2, 0.25) is 11.8 Å². The Bertz CT molecular complexity index is 843. The standard InChI is InChI=1S/C20H21N3O2/c1-3-17(15-9-5-4-6-10-15)20(24)22-18-12-8-7-11-16(18)13-19-21-14(2)23-25-19/h4-12,17H,3,13H2,1-2H3,(H,22,24). The fraction of sp³-hybridized carbons (Fsp3) is 0.250. The highest BCUT2D eigenvalue weighted by Gasteiger charge is 2.19. The van der Waals surface area contributed by atoms with Crippen molar-refractivity contribution >= 4 is 11.6 Å². The molecule has 1 aromatic heterocycles. The molecule has 0 saturated carbocycles. The number of aryl methyl sites for hydroxylation is 1. The number of hydrogen-bond donors (Lipinski definition) is 1. The Balaban J connectivity index is 1.79. The minimum Gasteiger partial charge on any atom is -0.339 e. The van der Waals surface area contributed by atoms with Gasteiger partial charge in [0.05, 0.1) is 12.3 Å². The van der Waals surface area contributed by atoms with Crippen LogP contribution in [0.1, 0.15) is 42.1 Å². The molecule has 0 fully saturated rings. The second-order valence-electron chi connectivity index (χ2n) is 5.93.